The third-order valence-electron chi connectivity index (χ3n) is 2.02. The van der Waals surface area contributed by atoms with Gasteiger partial charge in [-0.25, -0.2) is 4.79 Å². The Morgan fingerprint density at radius 1 is 1.33 bits per heavy atom. The number of nitrogens with zero attached hydrogens (tertiary/aromatic N) is 1. The number of hydrogen-bond acceptors (Lipinski definition) is 3. The van der Waals surface area contributed by atoms with E-state index in [0.717, 1.165) is 19.3 Å². The molecule has 0 aromatic rings. The standard InChI is InChI=1S/C12H19NO2/c1-3-5-6-7-8-9-11(10-13)12(14)15-4-2/h9H,3-8H2,1-2H3/b11-9+. The number of carbonyl (C=O) groups is 1. The number of rotatable bonds is 7. The first-order valence-electron chi connectivity index (χ1n) is 5.53. The van der Waals surface area contributed by atoms with Crippen molar-refractivity contribution in [3.63, 3.8) is 0 Å². The van der Waals surface area contributed by atoms with Gasteiger partial charge in [-0.3, -0.25) is 0 Å². The van der Waals surface area contributed by atoms with Crippen molar-refractivity contribution in [2.45, 2.75) is 46.0 Å². The largest absolute Gasteiger partial charge is 0.462 e. The van der Waals surface area contributed by atoms with E-state index >= 15 is 0 Å². The number of carbonyl (C=O) groups excluding carboxylic acids is 1. The van der Waals surface area contributed by atoms with Gasteiger partial charge in [0.05, 0.1) is 6.61 Å². The van der Waals surface area contributed by atoms with Gasteiger partial charge in [-0.2, -0.15) is 5.26 Å². The van der Waals surface area contributed by atoms with Gasteiger partial charge in [0.2, 0.25) is 0 Å². The second kappa shape index (κ2) is 9.26. The first kappa shape index (κ1) is 13.7. The van der Waals surface area contributed by atoms with Crippen molar-refractivity contribution in [1.82, 2.24) is 0 Å². The lowest BCUT2D eigenvalue weighted by Gasteiger charge is -1.99. The summed E-state index contributed by atoms with van der Waals surface area (Å²) in [5.74, 6) is -0.504. The summed E-state index contributed by atoms with van der Waals surface area (Å²) < 4.78 is 4.74. The molecule has 0 aromatic heterocycles. The zero-order valence-electron chi connectivity index (χ0n) is 9.58. The lowest BCUT2D eigenvalue weighted by molar-refractivity contribution is -0.138. The summed E-state index contributed by atoms with van der Waals surface area (Å²) in [6.07, 6.45) is 7.02. The van der Waals surface area contributed by atoms with Crippen molar-refractivity contribution >= 4 is 5.97 Å². The molecule has 0 rings (SSSR count). The van der Waals surface area contributed by atoms with Crippen LogP contribution in [0.15, 0.2) is 11.6 Å². The molecule has 0 radical (unpaired) electrons. The van der Waals surface area contributed by atoms with Crippen LogP contribution in [-0.4, -0.2) is 12.6 Å². The SMILES string of the molecule is CCCCCC/C=C(\C#N)C(=O)OCC. The summed E-state index contributed by atoms with van der Waals surface area (Å²) in [5.41, 5.74) is 0.133. The third-order valence-corrected chi connectivity index (χ3v) is 2.02. The van der Waals surface area contributed by atoms with E-state index in [1.807, 2.05) is 6.07 Å². The van der Waals surface area contributed by atoms with Crippen LogP contribution in [0, 0.1) is 11.3 Å². The van der Waals surface area contributed by atoms with Gasteiger partial charge in [0.25, 0.3) is 0 Å². The Balaban J connectivity index is 3.90. The minimum Gasteiger partial charge on any atom is -0.462 e. The van der Waals surface area contributed by atoms with Crippen LogP contribution in [0.1, 0.15) is 46.0 Å². The number of nitriles is 1. The van der Waals surface area contributed by atoms with Gasteiger partial charge in [-0.05, 0) is 19.8 Å². The Labute approximate surface area is 91.7 Å². The van der Waals surface area contributed by atoms with Crippen LogP contribution in [-0.2, 0) is 9.53 Å². The molecule has 0 aliphatic heterocycles. The molecule has 0 N–H and O–H groups in total. The van der Waals surface area contributed by atoms with E-state index in [4.69, 9.17) is 10.00 Å². The van der Waals surface area contributed by atoms with Gasteiger partial charge < -0.3 is 4.74 Å². The molecule has 3 heteroatoms. The highest BCUT2D eigenvalue weighted by molar-refractivity contribution is 5.92. The second-order valence-corrected chi connectivity index (χ2v) is 3.30. The van der Waals surface area contributed by atoms with E-state index in [1.165, 1.54) is 12.8 Å². The lowest BCUT2D eigenvalue weighted by Crippen LogP contribution is -2.06. The fraction of sp³-hybridized carbons (Fsp3) is 0.667. The smallest absolute Gasteiger partial charge is 0.348 e. The predicted octanol–water partition coefficient (Wildman–Crippen LogP) is 2.97. The van der Waals surface area contributed by atoms with E-state index in [-0.39, 0.29) is 5.57 Å². The maximum atomic E-state index is 11.2. The summed E-state index contributed by atoms with van der Waals surface area (Å²) >= 11 is 0. The molecule has 0 saturated carbocycles. The Morgan fingerprint density at radius 3 is 2.60 bits per heavy atom. The van der Waals surface area contributed by atoms with Crippen molar-refractivity contribution in [3.8, 4) is 6.07 Å². The fourth-order valence-electron chi connectivity index (χ4n) is 1.20. The van der Waals surface area contributed by atoms with Crippen LogP contribution < -0.4 is 0 Å². The minimum atomic E-state index is -0.504. The van der Waals surface area contributed by atoms with Crippen LogP contribution in [0.4, 0.5) is 0 Å². The average Bonchev–Trinajstić information content (AvgIpc) is 2.23. The number of hydrogen-bond donors (Lipinski definition) is 0. The lowest BCUT2D eigenvalue weighted by atomic mass is 10.1. The van der Waals surface area contributed by atoms with Crippen LogP contribution in [0.3, 0.4) is 0 Å². The molecule has 0 aromatic carbocycles. The highest BCUT2D eigenvalue weighted by Gasteiger charge is 2.08. The molecule has 0 amide bonds. The molecule has 0 bridgehead atoms. The zero-order valence-corrected chi connectivity index (χ0v) is 9.58. The highest BCUT2D eigenvalue weighted by atomic mass is 16.5. The second-order valence-electron chi connectivity index (χ2n) is 3.30. The van der Waals surface area contributed by atoms with Gasteiger partial charge >= 0.3 is 5.97 Å². The Bertz CT molecular complexity index is 251. The van der Waals surface area contributed by atoms with E-state index < -0.39 is 5.97 Å². The normalized spacial score (nSPS) is 10.9. The Morgan fingerprint density at radius 2 is 2.07 bits per heavy atom. The van der Waals surface area contributed by atoms with Gasteiger partial charge in [0, 0.05) is 0 Å². The molecule has 0 spiro atoms. The first-order valence-corrected chi connectivity index (χ1v) is 5.53. The van der Waals surface area contributed by atoms with E-state index in [0.29, 0.717) is 6.61 Å². The molecule has 0 aliphatic rings. The molecule has 3 nitrogen and oxygen atoms in total. The highest BCUT2D eigenvalue weighted by Crippen LogP contribution is 2.06. The predicted molar refractivity (Wildman–Crippen MR) is 59.1 cm³/mol. The van der Waals surface area contributed by atoms with Crippen LogP contribution in [0.5, 0.6) is 0 Å². The quantitative estimate of drug-likeness (QED) is 0.280. The molecule has 0 aliphatic carbocycles. The molecule has 0 unspecified atom stereocenters. The third kappa shape index (κ3) is 6.73. The van der Waals surface area contributed by atoms with Crippen molar-refractivity contribution < 1.29 is 9.53 Å². The fourth-order valence-corrected chi connectivity index (χ4v) is 1.20. The van der Waals surface area contributed by atoms with E-state index in [9.17, 15) is 4.79 Å². The molecule has 84 valence electrons. The average molecular weight is 209 g/mol. The van der Waals surface area contributed by atoms with Gasteiger partial charge in [0.15, 0.2) is 0 Å². The molecule has 0 atom stereocenters. The minimum absolute atomic E-state index is 0.133. The van der Waals surface area contributed by atoms with E-state index in [1.54, 1.807) is 13.0 Å². The van der Waals surface area contributed by atoms with Gasteiger partial charge in [-0.15, -0.1) is 0 Å². The summed E-state index contributed by atoms with van der Waals surface area (Å²) in [6, 6.07) is 1.86. The summed E-state index contributed by atoms with van der Waals surface area (Å²) in [7, 11) is 0. The number of esters is 1. The van der Waals surface area contributed by atoms with Crippen molar-refractivity contribution in [3.05, 3.63) is 11.6 Å². The zero-order chi connectivity index (χ0) is 11.5. The summed E-state index contributed by atoms with van der Waals surface area (Å²) in [6.45, 7) is 4.19. The van der Waals surface area contributed by atoms with E-state index in [2.05, 4.69) is 6.92 Å². The molecule has 0 fully saturated rings. The molecule has 0 heterocycles. The number of unbranched alkanes of at least 4 members (excludes halogenated alkanes) is 4. The van der Waals surface area contributed by atoms with Gasteiger partial charge in [-0.1, -0.05) is 32.3 Å². The molecule has 15 heavy (non-hydrogen) atoms. The summed E-state index contributed by atoms with van der Waals surface area (Å²) in [4.78, 5) is 11.2. The van der Waals surface area contributed by atoms with Crippen LogP contribution >= 0.6 is 0 Å². The number of allylic oxidation sites excluding steroid dienone is 1. The number of ether oxygens (including phenoxy) is 1. The van der Waals surface area contributed by atoms with Gasteiger partial charge in [0.1, 0.15) is 11.6 Å². The Kier molecular flexibility index (Phi) is 8.46. The van der Waals surface area contributed by atoms with Crippen molar-refractivity contribution in [1.29, 1.82) is 5.26 Å². The summed E-state index contributed by atoms with van der Waals surface area (Å²) in [5, 5.41) is 8.71. The maximum absolute atomic E-state index is 11.2. The van der Waals surface area contributed by atoms with Crippen LogP contribution in [0.25, 0.3) is 0 Å². The molecular weight excluding hydrogens is 190 g/mol. The Hall–Kier alpha value is -1.30. The first-order chi connectivity index (χ1) is 7.26. The monoisotopic (exact) mass is 209 g/mol. The van der Waals surface area contributed by atoms with Crippen molar-refractivity contribution in [2.75, 3.05) is 6.61 Å². The van der Waals surface area contributed by atoms with Crippen LogP contribution in [0.2, 0.25) is 0 Å². The molecular formula is C12H19NO2. The van der Waals surface area contributed by atoms with Crippen molar-refractivity contribution in [2.24, 2.45) is 0 Å². The molecule has 0 saturated heterocycles. The topological polar surface area (TPSA) is 50.1 Å². The maximum Gasteiger partial charge on any atom is 0.348 e.